The molecule has 1 aromatic heterocycles. The van der Waals surface area contributed by atoms with Crippen molar-refractivity contribution in [3.63, 3.8) is 0 Å². The highest BCUT2D eigenvalue weighted by Gasteiger charge is 2.12. The Morgan fingerprint density at radius 2 is 2.04 bits per heavy atom. The van der Waals surface area contributed by atoms with Crippen molar-refractivity contribution in [2.24, 2.45) is 5.22 Å². The van der Waals surface area contributed by atoms with Crippen LogP contribution in [-0.2, 0) is 6.54 Å². The first kappa shape index (κ1) is 16.5. The van der Waals surface area contributed by atoms with E-state index in [9.17, 15) is 4.39 Å². The molecule has 2 rings (SSSR count). The van der Waals surface area contributed by atoms with E-state index in [0.717, 1.165) is 16.7 Å². The molecule has 0 spiro atoms. The second-order valence-electron chi connectivity index (χ2n) is 4.88. The maximum absolute atomic E-state index is 13.1. The minimum atomic E-state index is -0.311. The van der Waals surface area contributed by atoms with Gasteiger partial charge in [-0.1, -0.05) is 17.4 Å². The summed E-state index contributed by atoms with van der Waals surface area (Å²) in [4.78, 5) is 4.30. The summed E-state index contributed by atoms with van der Waals surface area (Å²) in [6.45, 7) is 4.14. The predicted octanol–water partition coefficient (Wildman–Crippen LogP) is 4.03. The van der Waals surface area contributed by atoms with Crippen LogP contribution in [0.15, 0.2) is 41.8 Å². The van der Waals surface area contributed by atoms with Crippen LogP contribution in [-0.4, -0.2) is 22.4 Å². The fourth-order valence-corrected chi connectivity index (χ4v) is 2.07. The summed E-state index contributed by atoms with van der Waals surface area (Å²) < 4.78 is 18.7. The third-order valence-corrected chi connectivity index (χ3v) is 3.18. The van der Waals surface area contributed by atoms with Crippen molar-refractivity contribution in [3.05, 3.63) is 47.9 Å². The molecule has 2 aromatic rings. The summed E-state index contributed by atoms with van der Waals surface area (Å²) in [5.74, 6) is 0.315. The molecular weight excluding hydrogens is 297 g/mol. The molecule has 0 atom stereocenters. The van der Waals surface area contributed by atoms with Gasteiger partial charge in [0.05, 0.1) is 13.2 Å². The SMILES string of the molecule is CCOc1ncc(CN(N=N)C(C)=N)cc1-c1ccc(F)cc1. The molecule has 23 heavy (non-hydrogen) atoms. The highest BCUT2D eigenvalue weighted by Crippen LogP contribution is 2.29. The number of hydrogen-bond acceptors (Lipinski definition) is 5. The van der Waals surface area contributed by atoms with E-state index < -0.39 is 0 Å². The fraction of sp³-hybridized carbons (Fsp3) is 0.250. The van der Waals surface area contributed by atoms with Crippen LogP contribution < -0.4 is 4.74 Å². The molecule has 0 unspecified atom stereocenters. The Kier molecular flexibility index (Phi) is 5.35. The van der Waals surface area contributed by atoms with Gasteiger partial charge in [-0.05, 0) is 43.2 Å². The zero-order valence-electron chi connectivity index (χ0n) is 13.0. The van der Waals surface area contributed by atoms with Gasteiger partial charge in [0.15, 0.2) is 0 Å². The largest absolute Gasteiger partial charge is 0.478 e. The van der Waals surface area contributed by atoms with Gasteiger partial charge in [-0.25, -0.2) is 14.4 Å². The first-order chi connectivity index (χ1) is 11.0. The molecule has 0 aliphatic carbocycles. The summed E-state index contributed by atoms with van der Waals surface area (Å²) in [6, 6.07) is 7.93. The van der Waals surface area contributed by atoms with Crippen LogP contribution in [0, 0.1) is 16.8 Å². The predicted molar refractivity (Wildman–Crippen MR) is 84.9 cm³/mol. The Labute approximate surface area is 133 Å². The van der Waals surface area contributed by atoms with Crippen molar-refractivity contribution in [1.29, 1.82) is 10.9 Å². The molecule has 0 amide bonds. The van der Waals surface area contributed by atoms with E-state index in [4.69, 9.17) is 15.7 Å². The standard InChI is InChI=1S/C16H18FN5O/c1-3-23-16-15(13-4-6-14(17)7-5-13)8-12(9-20-16)10-22(21-19)11(2)18/h4-9,18-19H,3,10H2,1-2H3. The Morgan fingerprint density at radius 3 is 2.61 bits per heavy atom. The third-order valence-electron chi connectivity index (χ3n) is 3.18. The molecule has 0 radical (unpaired) electrons. The monoisotopic (exact) mass is 315 g/mol. The van der Waals surface area contributed by atoms with E-state index in [0.29, 0.717) is 12.5 Å². The van der Waals surface area contributed by atoms with Crippen LogP contribution in [0.5, 0.6) is 5.88 Å². The van der Waals surface area contributed by atoms with Gasteiger partial charge in [-0.3, -0.25) is 5.41 Å². The third kappa shape index (κ3) is 4.09. The van der Waals surface area contributed by atoms with Gasteiger partial charge in [0.25, 0.3) is 0 Å². The van der Waals surface area contributed by atoms with Crippen LogP contribution in [0.25, 0.3) is 11.1 Å². The minimum Gasteiger partial charge on any atom is -0.478 e. The lowest BCUT2D eigenvalue weighted by atomic mass is 10.1. The van der Waals surface area contributed by atoms with Crippen LogP contribution in [0.3, 0.4) is 0 Å². The van der Waals surface area contributed by atoms with Crippen molar-refractivity contribution in [1.82, 2.24) is 9.99 Å². The van der Waals surface area contributed by atoms with E-state index in [2.05, 4.69) is 10.2 Å². The first-order valence-electron chi connectivity index (χ1n) is 7.13. The maximum atomic E-state index is 13.1. The summed E-state index contributed by atoms with van der Waals surface area (Å²) in [5, 5.41) is 12.1. The number of nitrogens with one attached hydrogen (secondary N) is 2. The number of aromatic nitrogens is 1. The van der Waals surface area contributed by atoms with E-state index in [1.54, 1.807) is 25.3 Å². The second kappa shape index (κ2) is 7.44. The molecular formula is C16H18FN5O. The van der Waals surface area contributed by atoms with E-state index in [1.807, 2.05) is 13.0 Å². The zero-order valence-corrected chi connectivity index (χ0v) is 13.0. The molecule has 2 N–H and O–H groups in total. The van der Waals surface area contributed by atoms with Crippen LogP contribution >= 0.6 is 0 Å². The Morgan fingerprint density at radius 1 is 1.35 bits per heavy atom. The molecule has 120 valence electrons. The number of benzene rings is 1. The summed E-state index contributed by atoms with van der Waals surface area (Å²) in [7, 11) is 0. The molecule has 0 aliphatic rings. The second-order valence-corrected chi connectivity index (χ2v) is 4.88. The summed E-state index contributed by atoms with van der Waals surface area (Å²) in [6.07, 6.45) is 1.62. The molecule has 0 saturated heterocycles. The highest BCUT2D eigenvalue weighted by molar-refractivity contribution is 5.76. The number of ether oxygens (including phenoxy) is 1. The fourth-order valence-electron chi connectivity index (χ4n) is 2.07. The van der Waals surface area contributed by atoms with Gasteiger partial charge >= 0.3 is 0 Å². The molecule has 0 aliphatic heterocycles. The van der Waals surface area contributed by atoms with Crippen LogP contribution in [0.1, 0.15) is 19.4 Å². The zero-order chi connectivity index (χ0) is 16.8. The number of hydrogen-bond donors (Lipinski definition) is 2. The number of pyridine rings is 1. The molecule has 7 heteroatoms. The van der Waals surface area contributed by atoms with Gasteiger partial charge in [0.1, 0.15) is 11.7 Å². The lowest BCUT2D eigenvalue weighted by Crippen LogP contribution is -2.21. The minimum absolute atomic E-state index is 0.164. The molecule has 0 saturated carbocycles. The van der Waals surface area contributed by atoms with Crippen molar-refractivity contribution in [3.8, 4) is 17.0 Å². The van der Waals surface area contributed by atoms with E-state index in [1.165, 1.54) is 17.1 Å². The molecule has 0 fully saturated rings. The molecule has 1 aromatic carbocycles. The molecule has 1 heterocycles. The van der Waals surface area contributed by atoms with Gasteiger partial charge < -0.3 is 4.74 Å². The quantitative estimate of drug-likeness (QED) is 0.365. The van der Waals surface area contributed by atoms with Gasteiger partial charge in [-0.15, -0.1) is 0 Å². The van der Waals surface area contributed by atoms with Crippen molar-refractivity contribution < 1.29 is 9.13 Å². The Bertz CT molecular complexity index is 702. The average Bonchev–Trinajstić information content (AvgIpc) is 2.54. The molecule has 6 nitrogen and oxygen atoms in total. The van der Waals surface area contributed by atoms with Gasteiger partial charge in [-0.2, -0.15) is 5.53 Å². The number of rotatable bonds is 6. The topological polar surface area (TPSA) is 85.4 Å². The lowest BCUT2D eigenvalue weighted by molar-refractivity contribution is 0.327. The van der Waals surface area contributed by atoms with Crippen LogP contribution in [0.2, 0.25) is 0 Å². The lowest BCUT2D eigenvalue weighted by Gasteiger charge is -2.16. The normalized spacial score (nSPS) is 10.2. The van der Waals surface area contributed by atoms with Crippen molar-refractivity contribution >= 4 is 5.84 Å². The summed E-state index contributed by atoms with van der Waals surface area (Å²) in [5.41, 5.74) is 9.40. The van der Waals surface area contributed by atoms with Crippen molar-refractivity contribution in [2.45, 2.75) is 20.4 Å². The van der Waals surface area contributed by atoms with Gasteiger partial charge in [0, 0.05) is 11.8 Å². The number of nitrogens with zero attached hydrogens (tertiary/aromatic N) is 3. The van der Waals surface area contributed by atoms with Crippen LogP contribution in [0.4, 0.5) is 4.39 Å². The average molecular weight is 315 g/mol. The first-order valence-corrected chi connectivity index (χ1v) is 7.13. The van der Waals surface area contributed by atoms with E-state index in [-0.39, 0.29) is 18.2 Å². The smallest absolute Gasteiger partial charge is 0.221 e. The van der Waals surface area contributed by atoms with E-state index >= 15 is 0 Å². The Balaban J connectivity index is 2.41. The number of amidine groups is 1. The highest BCUT2D eigenvalue weighted by atomic mass is 19.1. The molecule has 0 bridgehead atoms. The Hall–Kier alpha value is -2.83. The maximum Gasteiger partial charge on any atom is 0.221 e. The van der Waals surface area contributed by atoms with Gasteiger partial charge in [0.2, 0.25) is 5.88 Å². The van der Waals surface area contributed by atoms with Crippen molar-refractivity contribution in [2.75, 3.05) is 6.61 Å². The summed E-state index contributed by atoms with van der Waals surface area (Å²) >= 11 is 0. The number of halogens is 1.